The Morgan fingerprint density at radius 1 is 1.33 bits per heavy atom. The Morgan fingerprint density at radius 2 is 1.87 bits per heavy atom. The Hall–Kier alpha value is -0.770. The highest BCUT2D eigenvalue weighted by atomic mass is 16.6. The predicted octanol–water partition coefficient (Wildman–Crippen LogP) is 2.03. The number of hydrogen-bond donors (Lipinski definition) is 2. The maximum Gasteiger partial charge on any atom is 0.407 e. The number of amides is 1. The summed E-state index contributed by atoms with van der Waals surface area (Å²) in [6.45, 7) is 9.45. The Morgan fingerprint density at radius 3 is 2.27 bits per heavy atom. The highest BCUT2D eigenvalue weighted by molar-refractivity contribution is 5.67. The molecule has 2 atom stereocenters. The van der Waals surface area contributed by atoms with E-state index in [1.165, 1.54) is 0 Å². The minimum atomic E-state index is -0.440. The molecule has 0 heterocycles. The molecule has 4 nitrogen and oxygen atoms in total. The third-order valence-corrected chi connectivity index (χ3v) is 1.82. The monoisotopic (exact) mass is 216 g/mol. The summed E-state index contributed by atoms with van der Waals surface area (Å²) in [5.41, 5.74) is 5.19. The SMILES string of the molecule is C[C@H](CC[C@@H](C)N)NC(=O)OC(C)(C)C. The average Bonchev–Trinajstić information content (AvgIpc) is 1.96. The van der Waals surface area contributed by atoms with Crippen molar-refractivity contribution in [1.82, 2.24) is 5.32 Å². The van der Waals surface area contributed by atoms with Crippen LogP contribution in [0, 0.1) is 0 Å². The van der Waals surface area contributed by atoms with Crippen LogP contribution in [-0.2, 0) is 4.74 Å². The first-order chi connectivity index (χ1) is 6.70. The number of carbonyl (C=O) groups excluding carboxylic acids is 1. The van der Waals surface area contributed by atoms with Crippen LogP contribution < -0.4 is 11.1 Å². The summed E-state index contributed by atoms with van der Waals surface area (Å²) >= 11 is 0. The van der Waals surface area contributed by atoms with E-state index in [9.17, 15) is 4.79 Å². The Kier molecular flexibility index (Phi) is 5.65. The molecule has 0 aromatic carbocycles. The molecule has 0 bridgehead atoms. The largest absolute Gasteiger partial charge is 0.444 e. The summed E-state index contributed by atoms with van der Waals surface area (Å²) in [5.74, 6) is 0. The quantitative estimate of drug-likeness (QED) is 0.755. The van der Waals surface area contributed by atoms with Gasteiger partial charge in [-0.25, -0.2) is 4.79 Å². The van der Waals surface area contributed by atoms with Gasteiger partial charge in [-0.1, -0.05) is 0 Å². The molecule has 0 aliphatic carbocycles. The van der Waals surface area contributed by atoms with Gasteiger partial charge in [-0.05, 0) is 47.5 Å². The van der Waals surface area contributed by atoms with Gasteiger partial charge in [0.15, 0.2) is 0 Å². The van der Waals surface area contributed by atoms with Crippen LogP contribution in [0.3, 0.4) is 0 Å². The van der Waals surface area contributed by atoms with Crippen molar-refractivity contribution in [1.29, 1.82) is 0 Å². The molecule has 0 rings (SSSR count). The summed E-state index contributed by atoms with van der Waals surface area (Å²) in [5, 5.41) is 2.78. The third kappa shape index (κ3) is 9.53. The second kappa shape index (κ2) is 5.95. The molecule has 0 aromatic rings. The molecule has 90 valence electrons. The Bertz CT molecular complexity index is 197. The van der Waals surface area contributed by atoms with Crippen LogP contribution >= 0.6 is 0 Å². The van der Waals surface area contributed by atoms with Crippen molar-refractivity contribution in [3.63, 3.8) is 0 Å². The zero-order valence-corrected chi connectivity index (χ0v) is 10.5. The topological polar surface area (TPSA) is 64.3 Å². The first kappa shape index (κ1) is 14.2. The van der Waals surface area contributed by atoms with E-state index in [-0.39, 0.29) is 18.2 Å². The number of ether oxygens (including phenoxy) is 1. The molecule has 0 aliphatic heterocycles. The zero-order chi connectivity index (χ0) is 12.1. The molecule has 1 amide bonds. The average molecular weight is 216 g/mol. The van der Waals surface area contributed by atoms with Crippen LogP contribution in [0.4, 0.5) is 4.79 Å². The second-order valence-corrected chi connectivity index (χ2v) is 5.10. The lowest BCUT2D eigenvalue weighted by Crippen LogP contribution is -2.38. The van der Waals surface area contributed by atoms with E-state index in [0.717, 1.165) is 12.8 Å². The molecular weight excluding hydrogens is 192 g/mol. The number of nitrogens with one attached hydrogen (secondary N) is 1. The van der Waals surface area contributed by atoms with Crippen molar-refractivity contribution < 1.29 is 9.53 Å². The number of hydrogen-bond acceptors (Lipinski definition) is 3. The fourth-order valence-electron chi connectivity index (χ4n) is 1.09. The minimum Gasteiger partial charge on any atom is -0.444 e. The molecule has 0 radical (unpaired) electrons. The first-order valence-corrected chi connectivity index (χ1v) is 5.46. The fraction of sp³-hybridized carbons (Fsp3) is 0.909. The Labute approximate surface area is 92.6 Å². The van der Waals surface area contributed by atoms with Crippen molar-refractivity contribution in [3.05, 3.63) is 0 Å². The van der Waals surface area contributed by atoms with Gasteiger partial charge < -0.3 is 15.8 Å². The van der Waals surface area contributed by atoms with Crippen LogP contribution in [0.1, 0.15) is 47.5 Å². The van der Waals surface area contributed by atoms with Gasteiger partial charge in [0, 0.05) is 12.1 Å². The van der Waals surface area contributed by atoms with Crippen LogP contribution in [0.2, 0.25) is 0 Å². The molecule has 0 aromatic heterocycles. The highest BCUT2D eigenvalue weighted by Gasteiger charge is 2.17. The molecule has 0 fully saturated rings. The molecule has 0 aliphatic rings. The number of rotatable bonds is 4. The molecule has 0 unspecified atom stereocenters. The van der Waals surface area contributed by atoms with Gasteiger partial charge in [0.1, 0.15) is 5.60 Å². The fourth-order valence-corrected chi connectivity index (χ4v) is 1.09. The van der Waals surface area contributed by atoms with E-state index >= 15 is 0 Å². The van der Waals surface area contributed by atoms with Gasteiger partial charge in [0.2, 0.25) is 0 Å². The molecular formula is C11H24N2O2. The van der Waals surface area contributed by atoms with Crippen LogP contribution in [0.25, 0.3) is 0 Å². The highest BCUT2D eigenvalue weighted by Crippen LogP contribution is 2.07. The van der Waals surface area contributed by atoms with Crippen LogP contribution in [0.5, 0.6) is 0 Å². The number of carbonyl (C=O) groups is 1. The number of alkyl carbamates (subject to hydrolysis) is 1. The third-order valence-electron chi connectivity index (χ3n) is 1.82. The van der Waals surface area contributed by atoms with Crippen molar-refractivity contribution in [2.24, 2.45) is 5.73 Å². The van der Waals surface area contributed by atoms with Gasteiger partial charge in [-0.15, -0.1) is 0 Å². The van der Waals surface area contributed by atoms with Crippen molar-refractivity contribution >= 4 is 6.09 Å². The standard InChI is InChI=1S/C11H24N2O2/c1-8(12)6-7-9(2)13-10(14)15-11(3,4)5/h8-9H,6-7,12H2,1-5H3,(H,13,14)/t8-,9-/m1/s1. The van der Waals surface area contributed by atoms with Crippen molar-refractivity contribution in [2.75, 3.05) is 0 Å². The maximum atomic E-state index is 11.3. The summed E-state index contributed by atoms with van der Waals surface area (Å²) in [4.78, 5) is 11.3. The summed E-state index contributed by atoms with van der Waals surface area (Å²) in [6, 6.07) is 0.277. The van der Waals surface area contributed by atoms with Gasteiger partial charge in [0.05, 0.1) is 0 Å². The maximum absolute atomic E-state index is 11.3. The van der Waals surface area contributed by atoms with Crippen LogP contribution in [-0.4, -0.2) is 23.8 Å². The zero-order valence-electron chi connectivity index (χ0n) is 10.5. The lowest BCUT2D eigenvalue weighted by atomic mass is 10.1. The minimum absolute atomic E-state index is 0.103. The van der Waals surface area contributed by atoms with E-state index in [2.05, 4.69) is 5.32 Å². The summed E-state index contributed by atoms with van der Waals surface area (Å²) in [6.07, 6.45) is 1.41. The van der Waals surface area contributed by atoms with Gasteiger partial charge in [-0.2, -0.15) is 0 Å². The van der Waals surface area contributed by atoms with E-state index in [0.29, 0.717) is 0 Å². The lowest BCUT2D eigenvalue weighted by molar-refractivity contribution is 0.0505. The molecule has 0 saturated heterocycles. The van der Waals surface area contributed by atoms with E-state index < -0.39 is 5.60 Å². The molecule has 3 N–H and O–H groups in total. The molecule has 0 saturated carbocycles. The molecule has 4 heteroatoms. The summed E-state index contributed by atoms with van der Waals surface area (Å²) in [7, 11) is 0. The van der Waals surface area contributed by atoms with Crippen LogP contribution in [0.15, 0.2) is 0 Å². The predicted molar refractivity (Wildman–Crippen MR) is 61.7 cm³/mol. The number of nitrogens with two attached hydrogens (primary N) is 1. The lowest BCUT2D eigenvalue weighted by Gasteiger charge is -2.22. The van der Waals surface area contributed by atoms with Gasteiger partial charge >= 0.3 is 6.09 Å². The normalized spacial score (nSPS) is 15.6. The first-order valence-electron chi connectivity index (χ1n) is 5.46. The second-order valence-electron chi connectivity index (χ2n) is 5.10. The Balaban J connectivity index is 3.77. The van der Waals surface area contributed by atoms with Crippen molar-refractivity contribution in [2.45, 2.75) is 65.1 Å². The van der Waals surface area contributed by atoms with E-state index in [1.807, 2.05) is 34.6 Å². The van der Waals surface area contributed by atoms with Crippen molar-refractivity contribution in [3.8, 4) is 0 Å². The van der Waals surface area contributed by atoms with E-state index in [4.69, 9.17) is 10.5 Å². The smallest absolute Gasteiger partial charge is 0.407 e. The van der Waals surface area contributed by atoms with Gasteiger partial charge in [0.25, 0.3) is 0 Å². The van der Waals surface area contributed by atoms with Gasteiger partial charge in [-0.3, -0.25) is 0 Å². The molecule has 15 heavy (non-hydrogen) atoms. The summed E-state index contributed by atoms with van der Waals surface area (Å²) < 4.78 is 5.13. The van der Waals surface area contributed by atoms with E-state index in [1.54, 1.807) is 0 Å². The molecule has 0 spiro atoms.